The summed E-state index contributed by atoms with van der Waals surface area (Å²) in [6, 6.07) is -1.53. The average molecular weight is 475 g/mol. The van der Waals surface area contributed by atoms with Crippen molar-refractivity contribution in [1.82, 2.24) is 5.32 Å². The van der Waals surface area contributed by atoms with Crippen molar-refractivity contribution in [2.75, 3.05) is 0 Å². The Morgan fingerprint density at radius 2 is 1.18 bits per heavy atom. The molecule has 0 spiro atoms. The van der Waals surface area contributed by atoms with Gasteiger partial charge < -0.3 is 26.0 Å². The highest BCUT2D eigenvalue weighted by atomic mass is 16.6. The summed E-state index contributed by atoms with van der Waals surface area (Å²) >= 11 is 0. The van der Waals surface area contributed by atoms with E-state index in [0.717, 1.165) is 32.1 Å². The fourth-order valence-electron chi connectivity index (χ4n) is 3.10. The summed E-state index contributed by atoms with van der Waals surface area (Å²) < 4.78 is 5.06. The molecule has 8 heteroatoms. The zero-order valence-corrected chi connectivity index (χ0v) is 21.7. The minimum absolute atomic E-state index is 0.445. The molecular weight excluding hydrogens is 424 g/mol. The van der Waals surface area contributed by atoms with E-state index in [4.69, 9.17) is 20.7 Å². The maximum absolute atomic E-state index is 11.6. The molecule has 0 radical (unpaired) electrons. The lowest BCUT2D eigenvalue weighted by Crippen LogP contribution is -2.43. The zero-order valence-electron chi connectivity index (χ0n) is 21.7. The number of rotatable bonds is 17. The molecule has 2 unspecified atom stereocenters. The second kappa shape index (κ2) is 20.8. The van der Waals surface area contributed by atoms with Crippen LogP contribution in [-0.2, 0) is 14.3 Å². The van der Waals surface area contributed by atoms with Crippen molar-refractivity contribution in [3.05, 3.63) is 0 Å². The van der Waals surface area contributed by atoms with Crippen LogP contribution in [0.4, 0.5) is 4.79 Å². The number of ether oxygens (including phenoxy) is 1. The summed E-state index contributed by atoms with van der Waals surface area (Å²) in [6.07, 6.45) is 14.0. The molecule has 5 N–H and O–H groups in total. The third kappa shape index (κ3) is 24.6. The summed E-state index contributed by atoms with van der Waals surface area (Å²) in [5.41, 5.74) is 4.74. The van der Waals surface area contributed by atoms with Crippen molar-refractivity contribution >= 4 is 18.0 Å². The van der Waals surface area contributed by atoms with Crippen LogP contribution < -0.4 is 11.1 Å². The summed E-state index contributed by atoms with van der Waals surface area (Å²) in [7, 11) is 0. The number of carbonyl (C=O) groups excluding carboxylic acids is 1. The zero-order chi connectivity index (χ0) is 25.7. The standard InChI is InChI=1S/C15H29NO4.C10H21NO2/c1-5-6-7-8-9-10-11-12(13(17)18)16-14(19)20-15(2,3)4;1-2-3-4-5-6-7-8-9(11)10(12)13/h12H,5-11H2,1-4H3,(H,16,19)(H,17,18);9H,2-8,11H2,1H3,(H,12,13). The van der Waals surface area contributed by atoms with Gasteiger partial charge in [-0.2, -0.15) is 0 Å². The molecule has 8 nitrogen and oxygen atoms in total. The summed E-state index contributed by atoms with van der Waals surface area (Å²) in [5, 5.41) is 20.0. The van der Waals surface area contributed by atoms with Gasteiger partial charge in [0, 0.05) is 0 Å². The van der Waals surface area contributed by atoms with Gasteiger partial charge >= 0.3 is 18.0 Å². The number of amides is 1. The third-order valence-corrected chi connectivity index (χ3v) is 5.02. The van der Waals surface area contributed by atoms with Crippen molar-refractivity contribution in [3.8, 4) is 0 Å². The van der Waals surface area contributed by atoms with Gasteiger partial charge in [-0.3, -0.25) is 4.79 Å². The van der Waals surface area contributed by atoms with E-state index in [-0.39, 0.29) is 0 Å². The largest absolute Gasteiger partial charge is 0.480 e. The Hall–Kier alpha value is -1.83. The van der Waals surface area contributed by atoms with Gasteiger partial charge in [0.2, 0.25) is 0 Å². The van der Waals surface area contributed by atoms with E-state index in [1.54, 1.807) is 20.8 Å². The van der Waals surface area contributed by atoms with Crippen LogP contribution >= 0.6 is 0 Å². The molecule has 0 saturated heterocycles. The topological polar surface area (TPSA) is 139 Å². The second-order valence-corrected chi connectivity index (χ2v) is 9.59. The first-order valence-electron chi connectivity index (χ1n) is 12.6. The minimum atomic E-state index is -1.01. The van der Waals surface area contributed by atoms with Gasteiger partial charge in [-0.05, 0) is 33.6 Å². The Morgan fingerprint density at radius 1 is 0.758 bits per heavy atom. The van der Waals surface area contributed by atoms with Crippen LogP contribution in [0.2, 0.25) is 0 Å². The molecule has 0 rings (SSSR count). The van der Waals surface area contributed by atoms with Crippen molar-refractivity contribution in [2.24, 2.45) is 5.73 Å². The number of carboxylic acid groups (broad SMARTS) is 2. The van der Waals surface area contributed by atoms with Crippen molar-refractivity contribution < 1.29 is 29.3 Å². The second-order valence-electron chi connectivity index (χ2n) is 9.59. The van der Waals surface area contributed by atoms with Crippen molar-refractivity contribution in [1.29, 1.82) is 0 Å². The molecule has 2 atom stereocenters. The van der Waals surface area contributed by atoms with Gasteiger partial charge in [0.25, 0.3) is 0 Å². The highest BCUT2D eigenvalue weighted by molar-refractivity contribution is 5.79. The summed E-state index contributed by atoms with van der Waals surface area (Å²) in [4.78, 5) is 33.0. The predicted molar refractivity (Wildman–Crippen MR) is 132 cm³/mol. The van der Waals surface area contributed by atoms with E-state index in [0.29, 0.717) is 12.8 Å². The Balaban J connectivity index is 0. The highest BCUT2D eigenvalue weighted by Gasteiger charge is 2.23. The first-order valence-corrected chi connectivity index (χ1v) is 12.6. The number of carboxylic acids is 2. The minimum Gasteiger partial charge on any atom is -0.480 e. The first kappa shape index (κ1) is 33.3. The third-order valence-electron chi connectivity index (χ3n) is 5.02. The van der Waals surface area contributed by atoms with E-state index in [1.165, 1.54) is 44.9 Å². The number of nitrogens with one attached hydrogen (secondary N) is 1. The lowest BCUT2D eigenvalue weighted by atomic mass is 10.1. The smallest absolute Gasteiger partial charge is 0.408 e. The van der Waals surface area contributed by atoms with Gasteiger partial charge in [0.1, 0.15) is 17.7 Å². The number of hydrogen-bond acceptors (Lipinski definition) is 5. The van der Waals surface area contributed by atoms with E-state index >= 15 is 0 Å². The predicted octanol–water partition coefficient (Wildman–Crippen LogP) is 5.86. The molecule has 1 amide bonds. The lowest BCUT2D eigenvalue weighted by Gasteiger charge is -2.22. The van der Waals surface area contributed by atoms with Crippen LogP contribution in [0, 0.1) is 0 Å². The molecule has 0 aromatic rings. The van der Waals surface area contributed by atoms with Crippen LogP contribution in [0.1, 0.15) is 125 Å². The van der Waals surface area contributed by atoms with Gasteiger partial charge in [-0.15, -0.1) is 0 Å². The van der Waals surface area contributed by atoms with E-state index in [2.05, 4.69) is 19.2 Å². The normalized spacial score (nSPS) is 12.8. The number of hydrogen-bond donors (Lipinski definition) is 4. The maximum atomic E-state index is 11.6. The number of carbonyl (C=O) groups is 3. The van der Waals surface area contributed by atoms with Gasteiger partial charge in [-0.1, -0.05) is 90.9 Å². The fraction of sp³-hybridized carbons (Fsp3) is 0.880. The van der Waals surface area contributed by atoms with E-state index in [1.807, 2.05) is 0 Å². The summed E-state index contributed by atoms with van der Waals surface area (Å²) in [5.74, 6) is -1.89. The van der Waals surface area contributed by atoms with Crippen LogP contribution in [0.3, 0.4) is 0 Å². The van der Waals surface area contributed by atoms with Crippen molar-refractivity contribution in [2.45, 2.75) is 142 Å². The molecule has 0 fully saturated rings. The number of alkyl carbamates (subject to hydrolysis) is 1. The van der Waals surface area contributed by atoms with Gasteiger partial charge in [-0.25, -0.2) is 9.59 Å². The highest BCUT2D eigenvalue weighted by Crippen LogP contribution is 2.11. The Labute approximate surface area is 201 Å². The molecule has 0 saturated carbocycles. The van der Waals surface area contributed by atoms with Crippen LogP contribution in [-0.4, -0.2) is 45.9 Å². The number of unbranched alkanes of at least 4 members (excludes halogenated alkanes) is 10. The average Bonchev–Trinajstić information content (AvgIpc) is 2.71. The Bertz CT molecular complexity index is 520. The molecule has 0 aliphatic rings. The Morgan fingerprint density at radius 3 is 1.58 bits per heavy atom. The monoisotopic (exact) mass is 474 g/mol. The molecule has 0 heterocycles. The molecule has 0 aromatic carbocycles. The number of aliphatic carboxylic acids is 2. The first-order chi connectivity index (χ1) is 15.4. The maximum Gasteiger partial charge on any atom is 0.408 e. The molecule has 0 aliphatic carbocycles. The fourth-order valence-corrected chi connectivity index (χ4v) is 3.10. The molecule has 33 heavy (non-hydrogen) atoms. The SMILES string of the molecule is CCCCCCCCC(N)C(=O)O.CCCCCCCCC(NC(=O)OC(C)(C)C)C(=O)O. The van der Waals surface area contributed by atoms with Crippen LogP contribution in [0.15, 0.2) is 0 Å². The Kier molecular flexibility index (Phi) is 21.0. The van der Waals surface area contributed by atoms with Gasteiger partial charge in [0.15, 0.2) is 0 Å². The molecule has 0 aromatic heterocycles. The molecule has 0 aliphatic heterocycles. The van der Waals surface area contributed by atoms with Crippen LogP contribution in [0.5, 0.6) is 0 Å². The van der Waals surface area contributed by atoms with Crippen molar-refractivity contribution in [3.63, 3.8) is 0 Å². The van der Waals surface area contributed by atoms with Gasteiger partial charge in [0.05, 0.1) is 0 Å². The number of nitrogens with two attached hydrogens (primary N) is 1. The molecule has 0 bridgehead atoms. The quantitative estimate of drug-likeness (QED) is 0.193. The lowest BCUT2D eigenvalue weighted by molar-refractivity contribution is -0.140. The molecule has 196 valence electrons. The van der Waals surface area contributed by atoms with E-state index < -0.39 is 35.7 Å². The van der Waals surface area contributed by atoms with Crippen LogP contribution in [0.25, 0.3) is 0 Å². The van der Waals surface area contributed by atoms with E-state index in [9.17, 15) is 14.4 Å². The summed E-state index contributed by atoms with van der Waals surface area (Å²) in [6.45, 7) is 9.58. The molecular formula is C25H50N2O6.